The van der Waals surface area contributed by atoms with Gasteiger partial charge < -0.3 is 19.6 Å². The molecule has 1 unspecified atom stereocenters. The van der Waals surface area contributed by atoms with E-state index in [1.807, 2.05) is 48.5 Å². The summed E-state index contributed by atoms with van der Waals surface area (Å²) >= 11 is 0. The molecule has 37 heavy (non-hydrogen) atoms. The van der Waals surface area contributed by atoms with Crippen LogP contribution in [0.4, 0.5) is 5.69 Å². The zero-order chi connectivity index (χ0) is 25.9. The highest BCUT2D eigenvalue weighted by Gasteiger charge is 2.25. The number of rotatable bonds is 7. The zero-order valence-electron chi connectivity index (χ0n) is 19.8. The van der Waals surface area contributed by atoms with Crippen LogP contribution < -0.4 is 5.32 Å². The fourth-order valence-corrected chi connectivity index (χ4v) is 4.11. The van der Waals surface area contributed by atoms with Crippen LogP contribution in [-0.4, -0.2) is 34.0 Å². The Balaban J connectivity index is 1.43. The third-order valence-electron chi connectivity index (χ3n) is 5.96. The molecule has 0 spiro atoms. The van der Waals surface area contributed by atoms with E-state index in [1.165, 1.54) is 24.3 Å². The van der Waals surface area contributed by atoms with Gasteiger partial charge in [0.25, 0.3) is 5.91 Å². The average molecular weight is 495 g/mol. The molecule has 0 bridgehead atoms. The Morgan fingerprint density at radius 2 is 1.68 bits per heavy atom. The maximum absolute atomic E-state index is 13.3. The molecule has 1 amide bonds. The van der Waals surface area contributed by atoms with Gasteiger partial charge in [-0.2, -0.15) is 0 Å². The second kappa shape index (κ2) is 9.94. The number of carbonyl (C=O) groups excluding carboxylic acids is 2. The van der Waals surface area contributed by atoms with Crippen LogP contribution in [0.15, 0.2) is 89.3 Å². The predicted octanol–water partition coefficient (Wildman–Crippen LogP) is 5.92. The summed E-state index contributed by atoms with van der Waals surface area (Å²) in [6.45, 7) is 1.73. The molecule has 0 saturated carbocycles. The molecule has 1 atom stereocenters. The largest absolute Gasteiger partial charge is 0.478 e. The Morgan fingerprint density at radius 3 is 2.38 bits per heavy atom. The van der Waals surface area contributed by atoms with Crippen molar-refractivity contribution < 1.29 is 28.6 Å². The number of carbonyl (C=O) groups is 3. The summed E-state index contributed by atoms with van der Waals surface area (Å²) in [5.41, 5.74) is 2.75. The number of nitrogens with zero attached hydrogens (tertiary/aromatic N) is 1. The van der Waals surface area contributed by atoms with Gasteiger partial charge in [0.1, 0.15) is 5.52 Å². The average Bonchev–Trinajstić information content (AvgIpc) is 3.35. The van der Waals surface area contributed by atoms with Crippen molar-refractivity contribution in [1.82, 2.24) is 4.98 Å². The molecule has 0 saturated heterocycles. The van der Waals surface area contributed by atoms with Crippen LogP contribution in [0.25, 0.3) is 33.3 Å². The minimum atomic E-state index is -1.06. The van der Waals surface area contributed by atoms with Gasteiger partial charge >= 0.3 is 11.9 Å². The van der Waals surface area contributed by atoms with Gasteiger partial charge in [-0.05, 0) is 60.3 Å². The molecule has 0 fully saturated rings. The summed E-state index contributed by atoms with van der Waals surface area (Å²) < 4.78 is 11.6. The van der Waals surface area contributed by atoms with Crippen LogP contribution in [0.1, 0.15) is 34.1 Å². The van der Waals surface area contributed by atoms with Gasteiger partial charge in [0.2, 0.25) is 5.89 Å². The smallest absolute Gasteiger partial charge is 0.339 e. The quantitative estimate of drug-likeness (QED) is 0.270. The lowest BCUT2D eigenvalue weighted by Gasteiger charge is -2.17. The van der Waals surface area contributed by atoms with E-state index in [-0.39, 0.29) is 17.5 Å². The van der Waals surface area contributed by atoms with E-state index < -0.39 is 23.9 Å². The fourth-order valence-electron chi connectivity index (χ4n) is 4.11. The number of aromatic nitrogens is 1. The summed E-state index contributed by atoms with van der Waals surface area (Å²) in [5.74, 6) is -1.86. The van der Waals surface area contributed by atoms with E-state index in [9.17, 15) is 14.4 Å². The van der Waals surface area contributed by atoms with Crippen LogP contribution in [0.5, 0.6) is 0 Å². The van der Waals surface area contributed by atoms with Crippen molar-refractivity contribution in [2.24, 2.45) is 0 Å². The fraction of sp³-hybridized carbons (Fsp3) is 0.103. The maximum Gasteiger partial charge on any atom is 0.339 e. The molecule has 0 aliphatic heterocycles. The van der Waals surface area contributed by atoms with Crippen LogP contribution in [0, 0.1) is 0 Å². The van der Waals surface area contributed by atoms with Crippen molar-refractivity contribution in [3.63, 3.8) is 0 Å². The number of nitrogens with one attached hydrogen (secondary N) is 1. The third kappa shape index (κ3) is 4.77. The first-order valence-electron chi connectivity index (χ1n) is 11.7. The van der Waals surface area contributed by atoms with Crippen molar-refractivity contribution in [2.75, 3.05) is 5.32 Å². The van der Waals surface area contributed by atoms with Gasteiger partial charge in [-0.3, -0.25) is 4.79 Å². The highest BCUT2D eigenvalue weighted by molar-refractivity contribution is 6.11. The monoisotopic (exact) mass is 494 g/mol. The molecule has 0 aliphatic rings. The van der Waals surface area contributed by atoms with Crippen LogP contribution in [-0.2, 0) is 9.53 Å². The molecule has 5 rings (SSSR count). The first-order chi connectivity index (χ1) is 17.9. The lowest BCUT2D eigenvalue weighted by Crippen LogP contribution is -2.32. The van der Waals surface area contributed by atoms with Crippen molar-refractivity contribution in [2.45, 2.75) is 19.4 Å². The summed E-state index contributed by atoms with van der Waals surface area (Å²) in [5, 5.41) is 13.1. The van der Waals surface area contributed by atoms with Gasteiger partial charge in [-0.15, -0.1) is 0 Å². The van der Waals surface area contributed by atoms with Gasteiger partial charge in [0.15, 0.2) is 11.7 Å². The number of anilines is 1. The minimum absolute atomic E-state index is 0.0992. The van der Waals surface area contributed by atoms with E-state index in [2.05, 4.69) is 10.3 Å². The number of hydrogen-bond donors (Lipinski definition) is 2. The number of carboxylic acids is 1. The molecule has 8 heteroatoms. The Kier molecular flexibility index (Phi) is 6.38. The van der Waals surface area contributed by atoms with Gasteiger partial charge in [0, 0.05) is 16.6 Å². The molecular formula is C29H22N2O6. The van der Waals surface area contributed by atoms with E-state index in [4.69, 9.17) is 14.3 Å². The SMILES string of the molecule is CCC(OC(=O)c1cccc2cccc(-c3nc4ccccc4o3)c12)C(=O)Nc1ccc(C(=O)O)cc1. The molecular weight excluding hydrogens is 472 g/mol. The summed E-state index contributed by atoms with van der Waals surface area (Å²) in [7, 11) is 0. The number of benzene rings is 4. The van der Waals surface area contributed by atoms with Crippen LogP contribution >= 0.6 is 0 Å². The number of oxazole rings is 1. The zero-order valence-corrected chi connectivity index (χ0v) is 19.8. The van der Waals surface area contributed by atoms with Crippen LogP contribution in [0.3, 0.4) is 0 Å². The summed E-state index contributed by atoms with van der Waals surface area (Å²) in [4.78, 5) is 41.8. The van der Waals surface area contributed by atoms with Crippen molar-refractivity contribution in [1.29, 1.82) is 0 Å². The van der Waals surface area contributed by atoms with Gasteiger partial charge in [-0.1, -0.05) is 43.3 Å². The Morgan fingerprint density at radius 1 is 0.946 bits per heavy atom. The Hall–Kier alpha value is -4.98. The lowest BCUT2D eigenvalue weighted by molar-refractivity contribution is -0.124. The molecule has 5 aromatic rings. The highest BCUT2D eigenvalue weighted by Crippen LogP contribution is 2.33. The van der Waals surface area contributed by atoms with Crippen molar-refractivity contribution >= 4 is 45.4 Å². The number of aromatic carboxylic acids is 1. The number of para-hydroxylation sites is 2. The number of amides is 1. The molecule has 0 aliphatic carbocycles. The van der Waals surface area contributed by atoms with E-state index in [0.717, 1.165) is 5.39 Å². The molecule has 2 N–H and O–H groups in total. The molecule has 184 valence electrons. The second-order valence-corrected chi connectivity index (χ2v) is 8.37. The highest BCUT2D eigenvalue weighted by atomic mass is 16.5. The minimum Gasteiger partial charge on any atom is -0.478 e. The van der Waals surface area contributed by atoms with E-state index in [1.54, 1.807) is 19.1 Å². The number of hydrogen-bond acceptors (Lipinski definition) is 6. The molecule has 1 aromatic heterocycles. The first kappa shape index (κ1) is 23.7. The second-order valence-electron chi connectivity index (χ2n) is 8.37. The summed E-state index contributed by atoms with van der Waals surface area (Å²) in [6.07, 6.45) is -0.813. The molecule has 8 nitrogen and oxygen atoms in total. The van der Waals surface area contributed by atoms with Gasteiger partial charge in [-0.25, -0.2) is 14.6 Å². The number of ether oxygens (including phenoxy) is 1. The standard InChI is InChI=1S/C29H22N2O6/c1-2-23(26(32)30-19-15-13-18(14-16-19)28(33)34)37-29(35)21-10-6-8-17-7-5-9-20(25(17)21)27-31-22-11-3-4-12-24(22)36-27/h3-16,23H,2H2,1H3,(H,30,32)(H,33,34). The topological polar surface area (TPSA) is 119 Å². The lowest BCUT2D eigenvalue weighted by atomic mass is 9.99. The third-order valence-corrected chi connectivity index (χ3v) is 5.96. The van der Waals surface area contributed by atoms with Crippen molar-refractivity contribution in [3.05, 3.63) is 96.1 Å². The normalized spacial score (nSPS) is 11.8. The Bertz CT molecular complexity index is 1600. The molecule has 4 aromatic carbocycles. The maximum atomic E-state index is 13.3. The molecule has 0 radical (unpaired) electrons. The van der Waals surface area contributed by atoms with Crippen molar-refractivity contribution in [3.8, 4) is 11.5 Å². The van der Waals surface area contributed by atoms with Crippen LogP contribution in [0.2, 0.25) is 0 Å². The van der Waals surface area contributed by atoms with E-state index in [0.29, 0.717) is 33.6 Å². The number of carboxylic acid groups (broad SMARTS) is 1. The summed E-state index contributed by atoms with van der Waals surface area (Å²) in [6, 6.07) is 24.0. The van der Waals surface area contributed by atoms with Gasteiger partial charge in [0.05, 0.1) is 11.1 Å². The number of fused-ring (bicyclic) bond motifs is 2. The predicted molar refractivity (Wildman–Crippen MR) is 138 cm³/mol. The van der Waals surface area contributed by atoms with E-state index >= 15 is 0 Å². The number of esters is 1. The first-order valence-corrected chi connectivity index (χ1v) is 11.7. The molecule has 1 heterocycles. The Labute approximate surface area is 211 Å².